The Morgan fingerprint density at radius 2 is 2.00 bits per heavy atom. The zero-order chi connectivity index (χ0) is 14.6. The van der Waals surface area contributed by atoms with Crippen molar-refractivity contribution in [3.8, 4) is 0 Å². The van der Waals surface area contributed by atoms with Crippen molar-refractivity contribution in [1.82, 2.24) is 4.98 Å². The van der Waals surface area contributed by atoms with Gasteiger partial charge >= 0.3 is 12.1 Å². The molecule has 0 fully saturated rings. The first-order valence-electron chi connectivity index (χ1n) is 5.88. The minimum absolute atomic E-state index is 0.242. The van der Waals surface area contributed by atoms with Crippen LogP contribution in [0.15, 0.2) is 24.4 Å². The van der Waals surface area contributed by atoms with E-state index in [4.69, 9.17) is 9.84 Å². The number of amides is 1. The Hall–Kier alpha value is -2.11. The van der Waals surface area contributed by atoms with Crippen LogP contribution in [0.3, 0.4) is 0 Å². The number of aromatic nitrogens is 1. The molecule has 0 aromatic carbocycles. The predicted molar refractivity (Wildman–Crippen MR) is 70.0 cm³/mol. The van der Waals surface area contributed by atoms with Crippen LogP contribution in [0.5, 0.6) is 0 Å². The monoisotopic (exact) mass is 266 g/mol. The van der Waals surface area contributed by atoms with Crippen LogP contribution in [0.25, 0.3) is 0 Å². The smallest absolute Gasteiger partial charge is 0.416 e. The minimum Gasteiger partial charge on any atom is -0.480 e. The highest BCUT2D eigenvalue weighted by Crippen LogP contribution is 2.18. The maximum atomic E-state index is 12.1. The molecule has 1 rings (SSSR count). The van der Waals surface area contributed by atoms with Crippen LogP contribution in [-0.4, -0.2) is 33.8 Å². The molecule has 1 heterocycles. The van der Waals surface area contributed by atoms with Gasteiger partial charge in [0.2, 0.25) is 0 Å². The van der Waals surface area contributed by atoms with Crippen molar-refractivity contribution in [2.45, 2.75) is 39.3 Å². The molecule has 19 heavy (non-hydrogen) atoms. The van der Waals surface area contributed by atoms with Crippen LogP contribution in [0, 0.1) is 0 Å². The van der Waals surface area contributed by atoms with Crippen LogP contribution in [0.2, 0.25) is 0 Å². The van der Waals surface area contributed by atoms with Gasteiger partial charge < -0.3 is 9.84 Å². The Balaban J connectivity index is 3.07. The molecular weight excluding hydrogens is 248 g/mol. The van der Waals surface area contributed by atoms with Gasteiger partial charge in [0.25, 0.3) is 0 Å². The lowest BCUT2D eigenvalue weighted by molar-refractivity contribution is -0.138. The SMILES string of the molecule is CC(C(=O)O)N(C(=O)OC(C)(C)C)c1ccccn1. The molecule has 6 heteroatoms. The number of carboxylic acid groups (broad SMARTS) is 1. The number of rotatable bonds is 3. The molecule has 0 aliphatic heterocycles. The highest BCUT2D eigenvalue weighted by atomic mass is 16.6. The van der Waals surface area contributed by atoms with Crippen LogP contribution in [-0.2, 0) is 9.53 Å². The molecule has 1 aromatic heterocycles. The summed E-state index contributed by atoms with van der Waals surface area (Å²) in [4.78, 5) is 28.2. The van der Waals surface area contributed by atoms with Crippen LogP contribution >= 0.6 is 0 Å². The number of carboxylic acids is 1. The molecule has 104 valence electrons. The molecule has 1 unspecified atom stereocenters. The summed E-state index contributed by atoms with van der Waals surface area (Å²) in [5.74, 6) is -0.886. The molecule has 1 N–H and O–H groups in total. The first-order valence-corrected chi connectivity index (χ1v) is 5.88. The van der Waals surface area contributed by atoms with Crippen LogP contribution < -0.4 is 4.90 Å². The van der Waals surface area contributed by atoms with Crippen LogP contribution in [0.4, 0.5) is 10.6 Å². The molecule has 6 nitrogen and oxygen atoms in total. The van der Waals surface area contributed by atoms with E-state index in [1.807, 2.05) is 0 Å². The minimum atomic E-state index is -1.13. The first kappa shape index (κ1) is 14.9. The Kier molecular flexibility index (Phi) is 4.47. The maximum Gasteiger partial charge on any atom is 0.416 e. The van der Waals surface area contributed by atoms with E-state index in [2.05, 4.69) is 4.98 Å². The highest BCUT2D eigenvalue weighted by Gasteiger charge is 2.31. The largest absolute Gasteiger partial charge is 0.480 e. The summed E-state index contributed by atoms with van der Waals surface area (Å²) in [7, 11) is 0. The quantitative estimate of drug-likeness (QED) is 0.908. The third-order valence-corrected chi connectivity index (χ3v) is 2.23. The molecule has 1 atom stereocenters. The fourth-order valence-electron chi connectivity index (χ4n) is 1.37. The van der Waals surface area contributed by atoms with Gasteiger partial charge in [-0.15, -0.1) is 0 Å². The number of carbonyl (C=O) groups is 2. The average molecular weight is 266 g/mol. The highest BCUT2D eigenvalue weighted by molar-refractivity contribution is 5.94. The Morgan fingerprint density at radius 1 is 1.37 bits per heavy atom. The number of aliphatic carboxylic acids is 1. The summed E-state index contributed by atoms with van der Waals surface area (Å²) >= 11 is 0. The van der Waals surface area contributed by atoms with Gasteiger partial charge in [-0.05, 0) is 39.8 Å². The molecule has 0 aliphatic carbocycles. The van der Waals surface area contributed by atoms with Gasteiger partial charge in [0.1, 0.15) is 17.5 Å². The molecule has 1 amide bonds. The van der Waals surface area contributed by atoms with Crippen molar-refractivity contribution in [2.75, 3.05) is 4.90 Å². The summed E-state index contributed by atoms with van der Waals surface area (Å²) < 4.78 is 5.21. The van der Waals surface area contributed by atoms with Gasteiger partial charge in [-0.1, -0.05) is 6.07 Å². The van der Waals surface area contributed by atoms with Crippen molar-refractivity contribution < 1.29 is 19.4 Å². The van der Waals surface area contributed by atoms with E-state index in [9.17, 15) is 9.59 Å². The van der Waals surface area contributed by atoms with E-state index < -0.39 is 23.7 Å². The molecule has 0 bridgehead atoms. The lowest BCUT2D eigenvalue weighted by Crippen LogP contribution is -2.46. The van der Waals surface area contributed by atoms with E-state index in [0.29, 0.717) is 0 Å². The summed E-state index contributed by atoms with van der Waals surface area (Å²) in [5.41, 5.74) is -0.706. The zero-order valence-corrected chi connectivity index (χ0v) is 11.5. The average Bonchev–Trinajstić information content (AvgIpc) is 2.28. The normalized spacial score (nSPS) is 12.6. The van der Waals surface area contributed by atoms with Crippen molar-refractivity contribution in [3.05, 3.63) is 24.4 Å². The second kappa shape index (κ2) is 5.69. The number of nitrogens with zero attached hydrogens (tertiary/aromatic N) is 2. The predicted octanol–water partition coefficient (Wildman–Crippen LogP) is 2.30. The lowest BCUT2D eigenvalue weighted by Gasteiger charge is -2.28. The second-order valence-corrected chi connectivity index (χ2v) is 5.05. The fourth-order valence-corrected chi connectivity index (χ4v) is 1.37. The van der Waals surface area contributed by atoms with Crippen molar-refractivity contribution in [3.63, 3.8) is 0 Å². The maximum absolute atomic E-state index is 12.1. The summed E-state index contributed by atoms with van der Waals surface area (Å²) in [6.07, 6.45) is 0.752. The second-order valence-electron chi connectivity index (χ2n) is 5.05. The number of hydrogen-bond donors (Lipinski definition) is 1. The molecule has 0 saturated carbocycles. The van der Waals surface area contributed by atoms with E-state index in [-0.39, 0.29) is 5.82 Å². The number of hydrogen-bond acceptors (Lipinski definition) is 4. The number of ether oxygens (including phenoxy) is 1. The Bertz CT molecular complexity index is 453. The molecule has 0 saturated heterocycles. The van der Waals surface area contributed by atoms with Crippen molar-refractivity contribution in [2.24, 2.45) is 0 Å². The van der Waals surface area contributed by atoms with Gasteiger partial charge in [-0.2, -0.15) is 0 Å². The van der Waals surface area contributed by atoms with Gasteiger partial charge in [-0.25, -0.2) is 19.5 Å². The summed E-state index contributed by atoms with van der Waals surface area (Å²) in [6.45, 7) is 6.55. The standard InChI is InChI=1S/C13H18N2O4/c1-9(11(16)17)15(10-7-5-6-8-14-10)12(18)19-13(2,3)4/h5-9H,1-4H3,(H,16,17). The van der Waals surface area contributed by atoms with Gasteiger partial charge in [0.15, 0.2) is 0 Å². The third kappa shape index (κ3) is 4.24. The molecule has 0 spiro atoms. The fraction of sp³-hybridized carbons (Fsp3) is 0.462. The van der Waals surface area contributed by atoms with Gasteiger partial charge in [0.05, 0.1) is 0 Å². The van der Waals surface area contributed by atoms with Crippen LogP contribution in [0.1, 0.15) is 27.7 Å². The van der Waals surface area contributed by atoms with Crippen molar-refractivity contribution in [1.29, 1.82) is 0 Å². The van der Waals surface area contributed by atoms with E-state index in [0.717, 1.165) is 4.90 Å². The number of anilines is 1. The Labute approximate surface area is 112 Å². The van der Waals surface area contributed by atoms with Crippen molar-refractivity contribution >= 4 is 17.9 Å². The molecule has 0 radical (unpaired) electrons. The van der Waals surface area contributed by atoms with Gasteiger partial charge in [-0.3, -0.25) is 0 Å². The Morgan fingerprint density at radius 3 is 2.42 bits per heavy atom. The number of pyridine rings is 1. The first-order chi connectivity index (χ1) is 8.72. The van der Waals surface area contributed by atoms with E-state index in [1.54, 1.807) is 39.0 Å². The molecule has 0 aliphatic rings. The molecular formula is C13H18N2O4. The summed E-state index contributed by atoms with van der Waals surface area (Å²) in [5, 5.41) is 9.08. The third-order valence-electron chi connectivity index (χ3n) is 2.23. The van der Waals surface area contributed by atoms with E-state index in [1.165, 1.54) is 13.1 Å². The zero-order valence-electron chi connectivity index (χ0n) is 11.5. The van der Waals surface area contributed by atoms with E-state index >= 15 is 0 Å². The number of carbonyl (C=O) groups excluding carboxylic acids is 1. The topological polar surface area (TPSA) is 79.7 Å². The van der Waals surface area contributed by atoms with Gasteiger partial charge in [0, 0.05) is 6.20 Å². The molecule has 1 aromatic rings. The summed E-state index contributed by atoms with van der Waals surface area (Å²) in [6, 6.07) is 3.85. The lowest BCUT2D eigenvalue weighted by atomic mass is 10.2.